The van der Waals surface area contributed by atoms with Crippen LogP contribution >= 0.6 is 0 Å². The molecule has 5 heteroatoms. The fourth-order valence-electron chi connectivity index (χ4n) is 1.52. The van der Waals surface area contributed by atoms with Crippen molar-refractivity contribution in [2.24, 2.45) is 5.73 Å². The largest absolute Gasteiger partial charge is 0.444 e. The van der Waals surface area contributed by atoms with Gasteiger partial charge in [0.05, 0.1) is 0 Å². The summed E-state index contributed by atoms with van der Waals surface area (Å²) in [5.41, 5.74) is 5.30. The van der Waals surface area contributed by atoms with Crippen molar-refractivity contribution in [3.8, 4) is 0 Å². The van der Waals surface area contributed by atoms with Crippen molar-refractivity contribution >= 4 is 6.09 Å². The molecule has 0 aromatic rings. The summed E-state index contributed by atoms with van der Waals surface area (Å²) in [6, 6.07) is 0. The Morgan fingerprint density at radius 3 is 2.50 bits per heavy atom. The van der Waals surface area contributed by atoms with E-state index >= 15 is 0 Å². The lowest BCUT2D eigenvalue weighted by molar-refractivity contribution is 0.0391. The number of hydrogen-bond acceptors (Lipinski definition) is 4. The smallest absolute Gasteiger partial charge is 0.407 e. The highest BCUT2D eigenvalue weighted by Gasteiger charge is 2.29. The van der Waals surface area contributed by atoms with Crippen molar-refractivity contribution in [2.75, 3.05) is 19.8 Å². The molecule has 1 aliphatic rings. The van der Waals surface area contributed by atoms with E-state index in [1.54, 1.807) is 0 Å². The van der Waals surface area contributed by atoms with Gasteiger partial charge in [0, 0.05) is 25.3 Å². The Labute approximate surface area is 96.7 Å². The molecule has 0 aromatic heterocycles. The molecule has 1 fully saturated rings. The van der Waals surface area contributed by atoms with Gasteiger partial charge in [-0.05, 0) is 33.6 Å². The topological polar surface area (TPSA) is 73.6 Å². The predicted octanol–water partition coefficient (Wildman–Crippen LogP) is 1.02. The summed E-state index contributed by atoms with van der Waals surface area (Å²) < 4.78 is 10.4. The minimum atomic E-state index is -0.471. The van der Waals surface area contributed by atoms with Gasteiger partial charge < -0.3 is 20.5 Å². The van der Waals surface area contributed by atoms with Gasteiger partial charge in [-0.25, -0.2) is 4.79 Å². The van der Waals surface area contributed by atoms with Crippen molar-refractivity contribution in [3.63, 3.8) is 0 Å². The van der Waals surface area contributed by atoms with E-state index in [0.29, 0.717) is 19.8 Å². The van der Waals surface area contributed by atoms with E-state index in [2.05, 4.69) is 5.32 Å². The van der Waals surface area contributed by atoms with Crippen LogP contribution in [0.25, 0.3) is 0 Å². The van der Waals surface area contributed by atoms with Crippen molar-refractivity contribution in [1.82, 2.24) is 5.32 Å². The number of nitrogens with one attached hydrogen (secondary N) is 1. The van der Waals surface area contributed by atoms with Crippen LogP contribution < -0.4 is 11.1 Å². The molecule has 1 saturated heterocycles. The zero-order chi connectivity index (χ0) is 12.2. The van der Waals surface area contributed by atoms with E-state index in [9.17, 15) is 4.79 Å². The summed E-state index contributed by atoms with van der Waals surface area (Å²) in [4.78, 5) is 11.4. The maximum absolute atomic E-state index is 11.4. The second-order valence-corrected chi connectivity index (χ2v) is 5.33. The number of alkyl carbamates (subject to hydrolysis) is 1. The number of nitrogens with two attached hydrogens (primary N) is 1. The average Bonchev–Trinajstić information content (AvgIpc) is 2.14. The molecule has 0 aliphatic carbocycles. The SMILES string of the molecule is CC(C)(C)OC(=O)NCC1(N)CCOCC1. The first-order chi connectivity index (χ1) is 7.31. The average molecular weight is 230 g/mol. The van der Waals surface area contributed by atoms with E-state index < -0.39 is 11.7 Å². The first-order valence-electron chi connectivity index (χ1n) is 5.64. The van der Waals surface area contributed by atoms with Gasteiger partial charge >= 0.3 is 6.09 Å². The highest BCUT2D eigenvalue weighted by molar-refractivity contribution is 5.67. The quantitative estimate of drug-likeness (QED) is 0.742. The Bertz CT molecular complexity index is 242. The van der Waals surface area contributed by atoms with Crippen LogP contribution in [0.2, 0.25) is 0 Å². The zero-order valence-electron chi connectivity index (χ0n) is 10.3. The Kier molecular flexibility index (Phi) is 4.15. The third-order valence-electron chi connectivity index (χ3n) is 2.47. The molecular formula is C11H22N2O3. The monoisotopic (exact) mass is 230 g/mol. The molecule has 1 amide bonds. The van der Waals surface area contributed by atoms with Crippen LogP contribution in [-0.4, -0.2) is 37.0 Å². The Hall–Kier alpha value is -0.810. The van der Waals surface area contributed by atoms with E-state index in [4.69, 9.17) is 15.2 Å². The molecule has 0 atom stereocenters. The lowest BCUT2D eigenvalue weighted by Crippen LogP contribution is -2.53. The molecule has 5 nitrogen and oxygen atoms in total. The van der Waals surface area contributed by atoms with Gasteiger partial charge in [-0.1, -0.05) is 0 Å². The van der Waals surface area contributed by atoms with Crippen molar-refractivity contribution in [3.05, 3.63) is 0 Å². The molecule has 1 heterocycles. The lowest BCUT2D eigenvalue weighted by atomic mass is 9.91. The summed E-state index contributed by atoms with van der Waals surface area (Å²) in [7, 11) is 0. The molecule has 3 N–H and O–H groups in total. The summed E-state index contributed by atoms with van der Waals surface area (Å²) in [5, 5.41) is 2.71. The Morgan fingerprint density at radius 1 is 1.44 bits per heavy atom. The molecule has 1 rings (SSSR count). The number of carbonyl (C=O) groups excluding carboxylic acids is 1. The van der Waals surface area contributed by atoms with Gasteiger partial charge in [0.15, 0.2) is 0 Å². The lowest BCUT2D eigenvalue weighted by Gasteiger charge is -2.33. The van der Waals surface area contributed by atoms with Crippen LogP contribution in [0.3, 0.4) is 0 Å². The maximum atomic E-state index is 11.4. The molecule has 0 radical (unpaired) electrons. The number of ether oxygens (including phenoxy) is 2. The van der Waals surface area contributed by atoms with E-state index in [1.165, 1.54) is 0 Å². The van der Waals surface area contributed by atoms with E-state index in [-0.39, 0.29) is 5.54 Å². The van der Waals surface area contributed by atoms with Crippen LogP contribution in [0.1, 0.15) is 33.6 Å². The molecule has 0 aromatic carbocycles. The standard InChI is InChI=1S/C11H22N2O3/c1-10(2,3)16-9(14)13-8-11(12)4-6-15-7-5-11/h4-8,12H2,1-3H3,(H,13,14). The second-order valence-electron chi connectivity index (χ2n) is 5.33. The number of hydrogen-bond donors (Lipinski definition) is 2. The fourth-order valence-corrected chi connectivity index (χ4v) is 1.52. The third kappa shape index (κ3) is 4.81. The molecule has 94 valence electrons. The second kappa shape index (κ2) is 5.01. The summed E-state index contributed by atoms with van der Waals surface area (Å²) in [6.07, 6.45) is 1.12. The number of carbonyl (C=O) groups is 1. The highest BCUT2D eigenvalue weighted by Crippen LogP contribution is 2.16. The zero-order valence-corrected chi connectivity index (χ0v) is 10.3. The van der Waals surface area contributed by atoms with Gasteiger partial charge in [-0.3, -0.25) is 0 Å². The van der Waals surface area contributed by atoms with Crippen LogP contribution in [0.15, 0.2) is 0 Å². The van der Waals surface area contributed by atoms with Gasteiger partial charge in [0.25, 0.3) is 0 Å². The predicted molar refractivity (Wildman–Crippen MR) is 61.2 cm³/mol. The first-order valence-corrected chi connectivity index (χ1v) is 5.64. The molecule has 0 unspecified atom stereocenters. The molecule has 0 saturated carbocycles. The third-order valence-corrected chi connectivity index (χ3v) is 2.47. The van der Waals surface area contributed by atoms with Crippen molar-refractivity contribution in [2.45, 2.75) is 44.8 Å². The fraction of sp³-hybridized carbons (Fsp3) is 0.909. The summed E-state index contributed by atoms with van der Waals surface area (Å²) in [5.74, 6) is 0. The summed E-state index contributed by atoms with van der Waals surface area (Å²) in [6.45, 7) is 7.25. The minimum Gasteiger partial charge on any atom is -0.444 e. The van der Waals surface area contributed by atoms with E-state index in [0.717, 1.165) is 12.8 Å². The maximum Gasteiger partial charge on any atom is 0.407 e. The molecule has 0 spiro atoms. The Morgan fingerprint density at radius 2 is 2.00 bits per heavy atom. The van der Waals surface area contributed by atoms with Crippen LogP contribution in [0, 0.1) is 0 Å². The van der Waals surface area contributed by atoms with Gasteiger partial charge in [0.1, 0.15) is 5.60 Å². The molecule has 16 heavy (non-hydrogen) atoms. The van der Waals surface area contributed by atoms with Gasteiger partial charge in [-0.15, -0.1) is 0 Å². The van der Waals surface area contributed by atoms with Crippen LogP contribution in [0.4, 0.5) is 4.79 Å². The molecule has 0 bridgehead atoms. The van der Waals surface area contributed by atoms with Crippen molar-refractivity contribution < 1.29 is 14.3 Å². The highest BCUT2D eigenvalue weighted by atomic mass is 16.6. The first kappa shape index (κ1) is 13.3. The van der Waals surface area contributed by atoms with Crippen LogP contribution in [0.5, 0.6) is 0 Å². The Balaban J connectivity index is 2.30. The van der Waals surface area contributed by atoms with E-state index in [1.807, 2.05) is 20.8 Å². The van der Waals surface area contributed by atoms with Crippen LogP contribution in [-0.2, 0) is 9.47 Å². The van der Waals surface area contributed by atoms with Gasteiger partial charge in [-0.2, -0.15) is 0 Å². The molecule has 1 aliphatic heterocycles. The van der Waals surface area contributed by atoms with Gasteiger partial charge in [0.2, 0.25) is 0 Å². The summed E-state index contributed by atoms with van der Waals surface area (Å²) >= 11 is 0. The van der Waals surface area contributed by atoms with Crippen molar-refractivity contribution in [1.29, 1.82) is 0 Å². The molecular weight excluding hydrogens is 208 g/mol. The minimum absolute atomic E-state index is 0.352. The number of amides is 1. The number of rotatable bonds is 2. The normalized spacial score (nSPS) is 20.2.